The van der Waals surface area contributed by atoms with Crippen molar-refractivity contribution < 1.29 is 31.8 Å². The molecule has 0 N–H and O–H groups in total. The number of benzene rings is 3. The Morgan fingerprint density at radius 3 is 2.33 bits per heavy atom. The number of rotatable bonds is 10. The fourth-order valence-corrected chi connectivity index (χ4v) is 5.85. The first-order valence-electron chi connectivity index (χ1n) is 12.6. The summed E-state index contributed by atoms with van der Waals surface area (Å²) in [5, 5.41) is 0. The molecule has 0 aliphatic carbocycles. The molecule has 3 aromatic rings. The number of esters is 1. The Morgan fingerprint density at radius 1 is 0.974 bits per heavy atom. The normalized spacial score (nSPS) is 15.6. The van der Waals surface area contributed by atoms with Crippen molar-refractivity contribution in [1.29, 1.82) is 0 Å². The molecule has 0 amide bonds. The lowest BCUT2D eigenvalue weighted by atomic mass is 10.1. The lowest BCUT2D eigenvalue weighted by molar-refractivity contribution is 0.00761. The van der Waals surface area contributed by atoms with Crippen molar-refractivity contribution in [3.8, 4) is 5.75 Å². The lowest BCUT2D eigenvalue weighted by Crippen LogP contribution is -2.49. The number of carbonyl (C=O) groups excluding carboxylic acids is 1. The van der Waals surface area contributed by atoms with Gasteiger partial charge in [-0.25, -0.2) is 17.6 Å². The van der Waals surface area contributed by atoms with Crippen LogP contribution in [-0.4, -0.2) is 70.5 Å². The van der Waals surface area contributed by atoms with E-state index in [0.717, 1.165) is 17.2 Å². The van der Waals surface area contributed by atoms with Crippen LogP contribution in [0.3, 0.4) is 0 Å². The van der Waals surface area contributed by atoms with E-state index in [-0.39, 0.29) is 24.1 Å². The molecule has 0 spiro atoms. The summed E-state index contributed by atoms with van der Waals surface area (Å²) in [6, 6.07) is 18.7. The third-order valence-corrected chi connectivity index (χ3v) is 8.72. The van der Waals surface area contributed by atoms with Crippen LogP contribution < -0.4 is 4.74 Å². The van der Waals surface area contributed by atoms with Crippen LogP contribution in [0.25, 0.3) is 0 Å². The number of halogens is 1. The molecule has 3 aromatic carbocycles. The van der Waals surface area contributed by atoms with Gasteiger partial charge in [-0.2, -0.15) is 4.31 Å². The second kappa shape index (κ2) is 12.7. The Labute approximate surface area is 229 Å². The molecule has 0 aromatic heterocycles. The first-order chi connectivity index (χ1) is 18.7. The first kappa shape index (κ1) is 28.7. The van der Waals surface area contributed by atoms with Crippen LogP contribution in [0.15, 0.2) is 71.6 Å². The number of methoxy groups -OCH3 is 2. The van der Waals surface area contributed by atoms with E-state index in [4.69, 9.17) is 14.2 Å². The maximum absolute atomic E-state index is 14.0. The van der Waals surface area contributed by atoms with Crippen LogP contribution in [0.2, 0.25) is 0 Å². The van der Waals surface area contributed by atoms with Gasteiger partial charge in [0.05, 0.1) is 37.4 Å². The van der Waals surface area contributed by atoms with Crippen LogP contribution in [-0.2, 0) is 26.1 Å². The Kier molecular flexibility index (Phi) is 9.34. The van der Waals surface area contributed by atoms with Crippen molar-refractivity contribution in [3.63, 3.8) is 0 Å². The van der Waals surface area contributed by atoms with Crippen molar-refractivity contribution in [1.82, 2.24) is 9.21 Å². The molecule has 1 aliphatic heterocycles. The number of aryl methyl sites for hydroxylation is 1. The van der Waals surface area contributed by atoms with Gasteiger partial charge in [0.15, 0.2) is 0 Å². The number of piperazine rings is 1. The third-order valence-electron chi connectivity index (χ3n) is 6.83. The van der Waals surface area contributed by atoms with Gasteiger partial charge >= 0.3 is 5.97 Å². The number of ether oxygens (including phenoxy) is 3. The van der Waals surface area contributed by atoms with Crippen LogP contribution in [0.4, 0.5) is 4.39 Å². The quantitative estimate of drug-likeness (QED) is 0.346. The average molecular weight is 557 g/mol. The molecule has 10 heteroatoms. The summed E-state index contributed by atoms with van der Waals surface area (Å²) in [4.78, 5) is 13.8. The minimum Gasteiger partial charge on any atom is -0.497 e. The van der Waals surface area contributed by atoms with Gasteiger partial charge in [0.1, 0.15) is 11.6 Å². The van der Waals surface area contributed by atoms with Crippen molar-refractivity contribution in [2.75, 3.05) is 46.9 Å². The minimum absolute atomic E-state index is 0.0325. The summed E-state index contributed by atoms with van der Waals surface area (Å²) in [6.07, 6.45) is -0.310. The van der Waals surface area contributed by atoms with Gasteiger partial charge in [0, 0.05) is 32.7 Å². The van der Waals surface area contributed by atoms with E-state index < -0.39 is 21.8 Å². The maximum atomic E-state index is 14.0. The molecule has 208 valence electrons. The summed E-state index contributed by atoms with van der Waals surface area (Å²) in [5.41, 5.74) is 2.70. The molecule has 8 nitrogen and oxygen atoms in total. The highest BCUT2D eigenvalue weighted by molar-refractivity contribution is 7.89. The van der Waals surface area contributed by atoms with E-state index in [2.05, 4.69) is 4.90 Å². The van der Waals surface area contributed by atoms with Gasteiger partial charge in [-0.15, -0.1) is 0 Å². The smallest absolute Gasteiger partial charge is 0.337 e. The molecule has 0 saturated carbocycles. The van der Waals surface area contributed by atoms with Gasteiger partial charge in [0.25, 0.3) is 0 Å². The zero-order chi connectivity index (χ0) is 28.0. The first-order valence-corrected chi connectivity index (χ1v) is 14.1. The Bertz CT molecular complexity index is 1390. The minimum atomic E-state index is -3.79. The zero-order valence-corrected chi connectivity index (χ0v) is 23.1. The molecule has 39 heavy (non-hydrogen) atoms. The summed E-state index contributed by atoms with van der Waals surface area (Å²) in [7, 11) is -0.835. The van der Waals surface area contributed by atoms with E-state index in [1.807, 2.05) is 36.4 Å². The van der Waals surface area contributed by atoms with Crippen molar-refractivity contribution in [3.05, 3.63) is 94.8 Å². The number of carbonyl (C=O) groups is 1. The monoisotopic (exact) mass is 556 g/mol. The molecule has 0 bridgehead atoms. The van der Waals surface area contributed by atoms with Crippen LogP contribution in [0.5, 0.6) is 5.75 Å². The average Bonchev–Trinajstić information content (AvgIpc) is 2.96. The van der Waals surface area contributed by atoms with Crippen molar-refractivity contribution >= 4 is 16.0 Å². The zero-order valence-electron chi connectivity index (χ0n) is 22.3. The van der Waals surface area contributed by atoms with E-state index in [9.17, 15) is 17.6 Å². The molecule has 1 saturated heterocycles. The Hall–Kier alpha value is -3.31. The predicted octanol–water partition coefficient (Wildman–Crippen LogP) is 4.19. The highest BCUT2D eigenvalue weighted by atomic mass is 32.2. The second-order valence-corrected chi connectivity index (χ2v) is 11.3. The fourth-order valence-electron chi connectivity index (χ4n) is 4.42. The van der Waals surface area contributed by atoms with Crippen molar-refractivity contribution in [2.24, 2.45) is 0 Å². The fraction of sp³-hybridized carbons (Fsp3) is 0.345. The highest BCUT2D eigenvalue weighted by Gasteiger charge is 2.30. The number of hydrogen-bond acceptors (Lipinski definition) is 7. The van der Waals surface area contributed by atoms with Gasteiger partial charge in [-0.3, -0.25) is 4.90 Å². The third kappa shape index (κ3) is 7.02. The van der Waals surface area contributed by atoms with E-state index >= 15 is 0 Å². The second-order valence-electron chi connectivity index (χ2n) is 9.38. The summed E-state index contributed by atoms with van der Waals surface area (Å²) < 4.78 is 58.1. The number of sulfonamides is 1. The Balaban J connectivity index is 1.43. The summed E-state index contributed by atoms with van der Waals surface area (Å²) in [5.74, 6) is -0.219. The van der Waals surface area contributed by atoms with Crippen LogP contribution >= 0.6 is 0 Å². The largest absolute Gasteiger partial charge is 0.497 e. The standard InChI is InChI=1S/C29H33FN2O6S/c1-21-7-12-26(18-27(21)30)39(34,35)32-15-13-31(14-16-32)19-28(24-5-4-6-25(17-24)36-2)38-20-22-8-10-23(11-9-22)29(33)37-3/h4-12,17-18,28H,13-16,19-20H2,1-3H3. The molecule has 0 radical (unpaired) electrons. The maximum Gasteiger partial charge on any atom is 0.337 e. The van der Waals surface area contributed by atoms with Gasteiger partial charge < -0.3 is 14.2 Å². The summed E-state index contributed by atoms with van der Waals surface area (Å²) >= 11 is 0. The van der Waals surface area contributed by atoms with Gasteiger partial charge in [0.2, 0.25) is 10.0 Å². The summed E-state index contributed by atoms with van der Waals surface area (Å²) in [6.45, 7) is 4.05. The molecular weight excluding hydrogens is 523 g/mol. The van der Waals surface area contributed by atoms with E-state index in [1.54, 1.807) is 26.2 Å². The molecule has 1 unspecified atom stereocenters. The molecular formula is C29H33FN2O6S. The van der Waals surface area contributed by atoms with Crippen LogP contribution in [0.1, 0.15) is 33.2 Å². The van der Waals surface area contributed by atoms with Crippen LogP contribution in [0, 0.1) is 12.7 Å². The van der Waals surface area contributed by atoms with Gasteiger partial charge in [-0.05, 0) is 60.0 Å². The highest BCUT2D eigenvalue weighted by Crippen LogP contribution is 2.26. The molecule has 1 aliphatic rings. The van der Waals surface area contributed by atoms with Crippen molar-refractivity contribution in [2.45, 2.75) is 24.5 Å². The van der Waals surface area contributed by atoms with Gasteiger partial charge in [-0.1, -0.05) is 30.3 Å². The molecule has 4 rings (SSSR count). The predicted molar refractivity (Wildman–Crippen MR) is 145 cm³/mol. The lowest BCUT2D eigenvalue weighted by Gasteiger charge is -2.36. The molecule has 1 atom stereocenters. The topological polar surface area (TPSA) is 85.4 Å². The molecule has 1 fully saturated rings. The van der Waals surface area contributed by atoms with E-state index in [0.29, 0.717) is 43.1 Å². The number of nitrogens with zero attached hydrogens (tertiary/aromatic N) is 2. The SMILES string of the molecule is COC(=O)c1ccc(COC(CN2CCN(S(=O)(=O)c3ccc(C)c(F)c3)CC2)c2cccc(OC)c2)cc1. The molecule has 1 heterocycles. The van der Waals surface area contributed by atoms with E-state index in [1.165, 1.54) is 23.5 Å². The number of hydrogen-bond donors (Lipinski definition) is 0. The Morgan fingerprint density at radius 2 is 1.69 bits per heavy atom.